The molecule has 1 aromatic rings. The molecule has 1 aliphatic heterocycles. The van der Waals surface area contributed by atoms with Gasteiger partial charge in [-0.1, -0.05) is 13.0 Å². The molecule has 3 fully saturated rings. The lowest BCUT2D eigenvalue weighted by molar-refractivity contribution is -0.128. The van der Waals surface area contributed by atoms with Gasteiger partial charge < -0.3 is 15.5 Å². The number of carbonyl (C=O) groups excluding carboxylic acids is 2. The number of rotatable bonds is 4. The third-order valence-electron chi connectivity index (χ3n) is 5.44. The summed E-state index contributed by atoms with van der Waals surface area (Å²) in [4.78, 5) is 26.0. The smallest absolute Gasteiger partial charge is 0.315 e. The van der Waals surface area contributed by atoms with E-state index in [9.17, 15) is 18.4 Å². The molecule has 0 spiro atoms. The summed E-state index contributed by atoms with van der Waals surface area (Å²) in [5, 5.41) is 5.56. The quantitative estimate of drug-likeness (QED) is 0.875. The number of hydrogen-bond donors (Lipinski definition) is 2. The second kappa shape index (κ2) is 5.97. The lowest BCUT2D eigenvalue weighted by Gasteiger charge is -2.17. The first-order valence-corrected chi connectivity index (χ1v) is 8.74. The van der Waals surface area contributed by atoms with E-state index in [1.807, 2.05) is 4.90 Å². The number of amides is 3. The maximum absolute atomic E-state index is 13.8. The molecule has 1 heterocycles. The predicted molar refractivity (Wildman–Crippen MR) is 86.9 cm³/mol. The number of likely N-dealkylation sites (tertiary alicyclic amines) is 1. The van der Waals surface area contributed by atoms with Gasteiger partial charge in [-0.05, 0) is 30.9 Å². The molecule has 0 bridgehead atoms. The van der Waals surface area contributed by atoms with Gasteiger partial charge in [0.25, 0.3) is 0 Å². The average Bonchev–Trinajstić information content (AvgIpc) is 3.41. The third kappa shape index (κ3) is 3.19. The Labute approximate surface area is 144 Å². The van der Waals surface area contributed by atoms with E-state index in [2.05, 4.69) is 17.6 Å². The van der Waals surface area contributed by atoms with Gasteiger partial charge in [0, 0.05) is 36.5 Å². The van der Waals surface area contributed by atoms with Gasteiger partial charge in [0.15, 0.2) is 0 Å². The number of halogens is 2. The van der Waals surface area contributed by atoms with Crippen LogP contribution >= 0.6 is 0 Å². The molecule has 1 aromatic carbocycles. The van der Waals surface area contributed by atoms with Crippen molar-refractivity contribution in [2.45, 2.75) is 50.2 Å². The fraction of sp³-hybridized carbons (Fsp3) is 0.556. The topological polar surface area (TPSA) is 61.4 Å². The second-order valence-electron chi connectivity index (χ2n) is 7.43. The summed E-state index contributed by atoms with van der Waals surface area (Å²) in [6, 6.07) is 3.24. The summed E-state index contributed by atoms with van der Waals surface area (Å²) in [7, 11) is 0. The molecule has 4 rings (SSSR count). The van der Waals surface area contributed by atoms with Crippen LogP contribution < -0.4 is 10.6 Å². The fourth-order valence-corrected chi connectivity index (χ4v) is 3.82. The molecule has 2 N–H and O–H groups in total. The van der Waals surface area contributed by atoms with Gasteiger partial charge in [0.2, 0.25) is 5.91 Å². The van der Waals surface area contributed by atoms with Crippen LogP contribution in [0.25, 0.3) is 0 Å². The molecule has 0 radical (unpaired) electrons. The Morgan fingerprint density at radius 3 is 2.52 bits per heavy atom. The maximum atomic E-state index is 13.8. The highest BCUT2D eigenvalue weighted by Gasteiger charge is 2.46. The Morgan fingerprint density at radius 1 is 1.20 bits per heavy atom. The second-order valence-corrected chi connectivity index (χ2v) is 7.43. The van der Waals surface area contributed by atoms with Crippen LogP contribution in [-0.2, 0) is 4.79 Å². The zero-order valence-corrected chi connectivity index (χ0v) is 14.0. The highest BCUT2D eigenvalue weighted by atomic mass is 19.1. The number of carbonyl (C=O) groups is 2. The molecule has 2 aliphatic carbocycles. The van der Waals surface area contributed by atoms with Gasteiger partial charge >= 0.3 is 6.03 Å². The van der Waals surface area contributed by atoms with Crippen LogP contribution in [0.15, 0.2) is 18.2 Å². The zero-order chi connectivity index (χ0) is 17.7. The molecule has 0 aromatic heterocycles. The zero-order valence-electron chi connectivity index (χ0n) is 14.0. The van der Waals surface area contributed by atoms with Crippen molar-refractivity contribution in [3.63, 3.8) is 0 Å². The van der Waals surface area contributed by atoms with E-state index >= 15 is 0 Å². The molecular formula is C18H21F2N3O2. The molecular weight excluding hydrogens is 328 g/mol. The van der Waals surface area contributed by atoms with Crippen LogP contribution in [0, 0.1) is 17.6 Å². The van der Waals surface area contributed by atoms with E-state index in [0.29, 0.717) is 31.3 Å². The van der Waals surface area contributed by atoms with Crippen LogP contribution in [0.3, 0.4) is 0 Å². The van der Waals surface area contributed by atoms with E-state index in [1.165, 1.54) is 18.2 Å². The van der Waals surface area contributed by atoms with Gasteiger partial charge in [-0.15, -0.1) is 0 Å². The Balaban J connectivity index is 1.29. The number of nitrogens with one attached hydrogen (secondary N) is 2. The minimum absolute atomic E-state index is 0.0396. The molecule has 5 unspecified atom stereocenters. The number of urea groups is 1. The molecule has 5 nitrogen and oxygen atoms in total. The SMILES string of the molecule is CC1CC1N1CC(NC(=O)NC2CC2c2c(F)cccc2F)CC1=O. The Hall–Kier alpha value is -2.18. The summed E-state index contributed by atoms with van der Waals surface area (Å²) in [6.07, 6.45) is 1.86. The summed E-state index contributed by atoms with van der Waals surface area (Å²) < 4.78 is 27.5. The molecule has 134 valence electrons. The fourth-order valence-electron chi connectivity index (χ4n) is 3.82. The molecule has 1 saturated heterocycles. The standard InChI is InChI=1S/C18H21F2N3O2/c1-9-5-15(9)23-8-10(6-16(23)24)21-18(25)22-14-7-11(14)17-12(19)3-2-4-13(17)20/h2-4,9-11,14-15H,5-8H2,1H3,(H2,21,22,25). The van der Waals surface area contributed by atoms with Crippen molar-refractivity contribution < 1.29 is 18.4 Å². The van der Waals surface area contributed by atoms with E-state index in [0.717, 1.165) is 6.42 Å². The van der Waals surface area contributed by atoms with Crippen LogP contribution in [-0.4, -0.2) is 41.5 Å². The Kier molecular flexibility index (Phi) is 3.89. The van der Waals surface area contributed by atoms with Crippen LogP contribution in [0.4, 0.5) is 13.6 Å². The lowest BCUT2D eigenvalue weighted by atomic mass is 10.1. The van der Waals surface area contributed by atoms with Gasteiger partial charge in [0.1, 0.15) is 11.6 Å². The van der Waals surface area contributed by atoms with Gasteiger partial charge in [-0.2, -0.15) is 0 Å². The molecule has 25 heavy (non-hydrogen) atoms. The lowest BCUT2D eigenvalue weighted by Crippen LogP contribution is -2.44. The highest BCUT2D eigenvalue weighted by molar-refractivity contribution is 5.82. The van der Waals surface area contributed by atoms with Crippen molar-refractivity contribution in [2.24, 2.45) is 5.92 Å². The monoisotopic (exact) mass is 349 g/mol. The predicted octanol–water partition coefficient (Wildman–Crippen LogP) is 2.13. The third-order valence-corrected chi connectivity index (χ3v) is 5.44. The number of hydrogen-bond acceptors (Lipinski definition) is 2. The molecule has 3 amide bonds. The summed E-state index contributed by atoms with van der Waals surface area (Å²) >= 11 is 0. The summed E-state index contributed by atoms with van der Waals surface area (Å²) in [5.41, 5.74) is 0.0396. The molecule has 7 heteroatoms. The first-order valence-electron chi connectivity index (χ1n) is 8.74. The first-order chi connectivity index (χ1) is 11.9. The van der Waals surface area contributed by atoms with Crippen molar-refractivity contribution in [1.82, 2.24) is 15.5 Å². The number of benzene rings is 1. The van der Waals surface area contributed by atoms with Crippen LogP contribution in [0.5, 0.6) is 0 Å². The van der Waals surface area contributed by atoms with Crippen LogP contribution in [0.2, 0.25) is 0 Å². The molecule has 3 aliphatic rings. The van der Waals surface area contributed by atoms with Crippen molar-refractivity contribution in [1.29, 1.82) is 0 Å². The van der Waals surface area contributed by atoms with E-state index in [-0.39, 0.29) is 35.5 Å². The normalized spacial score (nSPS) is 33.3. The van der Waals surface area contributed by atoms with Crippen molar-refractivity contribution in [2.75, 3.05) is 6.54 Å². The van der Waals surface area contributed by atoms with Gasteiger partial charge in [-0.3, -0.25) is 4.79 Å². The maximum Gasteiger partial charge on any atom is 0.315 e. The minimum Gasteiger partial charge on any atom is -0.337 e. The largest absolute Gasteiger partial charge is 0.337 e. The molecule has 2 saturated carbocycles. The first kappa shape index (κ1) is 16.3. The van der Waals surface area contributed by atoms with Gasteiger partial charge in [0.05, 0.1) is 6.04 Å². The van der Waals surface area contributed by atoms with Gasteiger partial charge in [-0.25, -0.2) is 13.6 Å². The summed E-state index contributed by atoms with van der Waals surface area (Å²) in [5.74, 6) is -0.867. The van der Waals surface area contributed by atoms with E-state index < -0.39 is 11.6 Å². The van der Waals surface area contributed by atoms with E-state index in [4.69, 9.17) is 0 Å². The Bertz CT molecular complexity index is 706. The van der Waals surface area contributed by atoms with E-state index in [1.54, 1.807) is 0 Å². The summed E-state index contributed by atoms with van der Waals surface area (Å²) in [6.45, 7) is 2.65. The molecule has 5 atom stereocenters. The van der Waals surface area contributed by atoms with Crippen LogP contribution in [0.1, 0.15) is 37.7 Å². The highest BCUT2D eigenvalue weighted by Crippen LogP contribution is 2.43. The average molecular weight is 349 g/mol. The number of nitrogens with zero attached hydrogens (tertiary/aromatic N) is 1. The van der Waals surface area contributed by atoms with Crippen molar-refractivity contribution >= 4 is 11.9 Å². The van der Waals surface area contributed by atoms with Crippen molar-refractivity contribution in [3.05, 3.63) is 35.4 Å². The minimum atomic E-state index is -0.578. The van der Waals surface area contributed by atoms with Crippen molar-refractivity contribution in [3.8, 4) is 0 Å². The Morgan fingerprint density at radius 2 is 1.88 bits per heavy atom.